The van der Waals surface area contributed by atoms with Gasteiger partial charge in [0.25, 0.3) is 0 Å². The molecule has 0 heterocycles. The predicted molar refractivity (Wildman–Crippen MR) is 65.8 cm³/mol. The second-order valence-corrected chi connectivity index (χ2v) is 7.42. The van der Waals surface area contributed by atoms with Crippen molar-refractivity contribution >= 4 is 25.8 Å². The number of hydrogen-bond acceptors (Lipinski definition) is 2. The Hall–Kier alpha value is 0.430. The summed E-state index contributed by atoms with van der Waals surface area (Å²) in [6.07, 6.45) is 7.86. The van der Waals surface area contributed by atoms with E-state index in [2.05, 4.69) is 22.9 Å². The lowest BCUT2D eigenvalue weighted by molar-refractivity contribution is 0.588. The van der Waals surface area contributed by atoms with Gasteiger partial charge in [0.1, 0.15) is 9.84 Å². The molecule has 0 rings (SSSR count). The van der Waals surface area contributed by atoms with Gasteiger partial charge in [0.15, 0.2) is 0 Å². The molecule has 0 amide bonds. The lowest BCUT2D eigenvalue weighted by Gasteiger charge is -2.07. The van der Waals surface area contributed by atoms with E-state index in [9.17, 15) is 8.42 Å². The van der Waals surface area contributed by atoms with Gasteiger partial charge in [-0.25, -0.2) is 8.42 Å². The van der Waals surface area contributed by atoms with Gasteiger partial charge in [-0.1, -0.05) is 42.1 Å². The lowest BCUT2D eigenvalue weighted by atomic mass is 10.1. The Kier molecular flexibility index (Phi) is 7.92. The third-order valence-corrected chi connectivity index (χ3v) is 4.08. The highest BCUT2D eigenvalue weighted by molar-refractivity contribution is 9.09. The van der Waals surface area contributed by atoms with Gasteiger partial charge < -0.3 is 0 Å². The number of sulfone groups is 1. The minimum absolute atomic E-state index is 0.341. The molecule has 1 unspecified atom stereocenters. The van der Waals surface area contributed by atoms with Crippen LogP contribution >= 0.6 is 15.9 Å². The van der Waals surface area contributed by atoms with Gasteiger partial charge in [-0.15, -0.1) is 0 Å². The van der Waals surface area contributed by atoms with Crippen LogP contribution in [0.1, 0.15) is 45.4 Å². The average Bonchev–Trinajstić information content (AvgIpc) is 2.02. The Bertz CT molecular complexity index is 224. The van der Waals surface area contributed by atoms with Gasteiger partial charge in [-0.3, -0.25) is 0 Å². The van der Waals surface area contributed by atoms with Crippen LogP contribution in [0.2, 0.25) is 0 Å². The van der Waals surface area contributed by atoms with Crippen molar-refractivity contribution in [1.29, 1.82) is 0 Å². The summed E-state index contributed by atoms with van der Waals surface area (Å²) in [6, 6.07) is 0. The fourth-order valence-corrected chi connectivity index (χ4v) is 2.87. The fourth-order valence-electron chi connectivity index (χ4n) is 1.36. The molecule has 0 saturated heterocycles. The standard InChI is InChI=1S/C10H21BrO2S/c1-3-7-10(11)8-5-4-6-9-14(2,12)13/h10H,3-9H2,1-2H3. The summed E-state index contributed by atoms with van der Waals surface area (Å²) in [4.78, 5) is 0.616. The van der Waals surface area contributed by atoms with Crippen LogP contribution in [0.5, 0.6) is 0 Å². The van der Waals surface area contributed by atoms with Crippen molar-refractivity contribution in [2.24, 2.45) is 0 Å². The van der Waals surface area contributed by atoms with E-state index in [1.165, 1.54) is 19.1 Å². The van der Waals surface area contributed by atoms with Crippen molar-refractivity contribution in [2.45, 2.75) is 50.3 Å². The van der Waals surface area contributed by atoms with Crippen LogP contribution in [0.4, 0.5) is 0 Å². The zero-order valence-electron chi connectivity index (χ0n) is 9.13. The first-order chi connectivity index (χ1) is 6.45. The highest BCUT2D eigenvalue weighted by Crippen LogP contribution is 2.16. The number of unbranched alkanes of at least 4 members (excludes halogenated alkanes) is 2. The van der Waals surface area contributed by atoms with Gasteiger partial charge in [0.05, 0.1) is 0 Å². The van der Waals surface area contributed by atoms with Crippen LogP contribution in [0, 0.1) is 0 Å². The van der Waals surface area contributed by atoms with Crippen molar-refractivity contribution < 1.29 is 8.42 Å². The van der Waals surface area contributed by atoms with E-state index in [4.69, 9.17) is 0 Å². The van der Waals surface area contributed by atoms with E-state index in [-0.39, 0.29) is 0 Å². The van der Waals surface area contributed by atoms with Gasteiger partial charge in [0.2, 0.25) is 0 Å². The molecular weight excluding hydrogens is 264 g/mol. The third-order valence-electron chi connectivity index (χ3n) is 2.13. The molecule has 0 saturated carbocycles. The quantitative estimate of drug-likeness (QED) is 0.507. The van der Waals surface area contributed by atoms with Gasteiger partial charge in [0, 0.05) is 16.8 Å². The zero-order valence-corrected chi connectivity index (χ0v) is 11.5. The summed E-state index contributed by atoms with van der Waals surface area (Å²) in [5, 5.41) is 0. The number of alkyl halides is 1. The molecule has 0 aliphatic heterocycles. The summed E-state index contributed by atoms with van der Waals surface area (Å²) in [5.41, 5.74) is 0. The average molecular weight is 285 g/mol. The summed E-state index contributed by atoms with van der Waals surface area (Å²) >= 11 is 3.61. The van der Waals surface area contributed by atoms with Crippen molar-refractivity contribution in [3.63, 3.8) is 0 Å². The normalized spacial score (nSPS) is 14.2. The van der Waals surface area contributed by atoms with E-state index in [1.807, 2.05) is 0 Å². The molecular formula is C10H21BrO2S. The molecule has 1 atom stereocenters. The van der Waals surface area contributed by atoms with Crippen molar-refractivity contribution in [3.05, 3.63) is 0 Å². The van der Waals surface area contributed by atoms with E-state index in [1.54, 1.807) is 0 Å². The summed E-state index contributed by atoms with van der Waals surface area (Å²) < 4.78 is 21.6. The van der Waals surface area contributed by atoms with Gasteiger partial charge in [-0.2, -0.15) is 0 Å². The highest BCUT2D eigenvalue weighted by atomic mass is 79.9. The maximum absolute atomic E-state index is 10.8. The van der Waals surface area contributed by atoms with Crippen LogP contribution in [0.3, 0.4) is 0 Å². The Morgan fingerprint density at radius 3 is 2.29 bits per heavy atom. The smallest absolute Gasteiger partial charge is 0.147 e. The Labute approximate surface area is 96.5 Å². The van der Waals surface area contributed by atoms with Crippen LogP contribution in [0.15, 0.2) is 0 Å². The molecule has 0 spiro atoms. The fraction of sp³-hybridized carbons (Fsp3) is 1.00. The minimum atomic E-state index is -2.75. The monoisotopic (exact) mass is 284 g/mol. The molecule has 2 nitrogen and oxygen atoms in total. The largest absolute Gasteiger partial charge is 0.229 e. The number of halogens is 1. The number of rotatable bonds is 8. The first-order valence-corrected chi connectivity index (χ1v) is 8.25. The van der Waals surface area contributed by atoms with Gasteiger partial charge in [-0.05, 0) is 19.3 Å². The van der Waals surface area contributed by atoms with Crippen molar-refractivity contribution in [1.82, 2.24) is 0 Å². The lowest BCUT2D eigenvalue weighted by Crippen LogP contribution is -2.03. The van der Waals surface area contributed by atoms with Crippen LogP contribution < -0.4 is 0 Å². The molecule has 4 heteroatoms. The van der Waals surface area contributed by atoms with Crippen LogP contribution in [-0.4, -0.2) is 25.3 Å². The summed E-state index contributed by atoms with van der Waals surface area (Å²) in [5.74, 6) is 0.341. The molecule has 0 aromatic carbocycles. The van der Waals surface area contributed by atoms with Crippen LogP contribution in [0.25, 0.3) is 0 Å². The van der Waals surface area contributed by atoms with Crippen LogP contribution in [-0.2, 0) is 9.84 Å². The topological polar surface area (TPSA) is 34.1 Å². The van der Waals surface area contributed by atoms with Crippen molar-refractivity contribution in [2.75, 3.05) is 12.0 Å². The molecule has 14 heavy (non-hydrogen) atoms. The Morgan fingerprint density at radius 1 is 1.14 bits per heavy atom. The first-order valence-electron chi connectivity index (χ1n) is 5.27. The number of hydrogen-bond donors (Lipinski definition) is 0. The first kappa shape index (κ1) is 14.4. The second-order valence-electron chi connectivity index (χ2n) is 3.87. The molecule has 0 aromatic heterocycles. The zero-order chi connectivity index (χ0) is 11.0. The Morgan fingerprint density at radius 2 is 1.79 bits per heavy atom. The molecule has 0 bridgehead atoms. The maximum atomic E-state index is 10.8. The molecule has 86 valence electrons. The highest BCUT2D eigenvalue weighted by Gasteiger charge is 2.04. The molecule has 0 aliphatic rings. The molecule has 0 fully saturated rings. The third kappa shape index (κ3) is 10.5. The maximum Gasteiger partial charge on any atom is 0.147 e. The second kappa shape index (κ2) is 7.69. The summed E-state index contributed by atoms with van der Waals surface area (Å²) in [6.45, 7) is 2.18. The van der Waals surface area contributed by atoms with E-state index in [0.29, 0.717) is 10.6 Å². The van der Waals surface area contributed by atoms with E-state index < -0.39 is 9.84 Å². The predicted octanol–water partition coefficient (Wildman–Crippen LogP) is 3.16. The minimum Gasteiger partial charge on any atom is -0.229 e. The molecule has 0 aromatic rings. The summed E-state index contributed by atoms with van der Waals surface area (Å²) in [7, 11) is -2.75. The molecule has 0 N–H and O–H groups in total. The van der Waals surface area contributed by atoms with Gasteiger partial charge >= 0.3 is 0 Å². The van der Waals surface area contributed by atoms with Crippen molar-refractivity contribution in [3.8, 4) is 0 Å². The molecule has 0 aliphatic carbocycles. The Balaban J connectivity index is 3.30. The van der Waals surface area contributed by atoms with E-state index in [0.717, 1.165) is 25.7 Å². The van der Waals surface area contributed by atoms with E-state index >= 15 is 0 Å². The SMILES string of the molecule is CCCC(Br)CCCCCS(C)(=O)=O. The molecule has 0 radical (unpaired) electrons.